The van der Waals surface area contributed by atoms with Crippen LogP contribution in [0.2, 0.25) is 0 Å². The Balaban J connectivity index is 1.76. The maximum atomic E-state index is 12.7. The molecule has 0 aromatic carbocycles. The minimum atomic E-state index is -4.74. The molecule has 9 heteroatoms. The summed E-state index contributed by atoms with van der Waals surface area (Å²) >= 11 is 0. The van der Waals surface area contributed by atoms with E-state index in [4.69, 9.17) is 9.47 Å². The van der Waals surface area contributed by atoms with Gasteiger partial charge in [0.05, 0.1) is 13.2 Å². The third kappa shape index (κ3) is 5.57. The molecule has 0 aliphatic carbocycles. The zero-order chi connectivity index (χ0) is 18.5. The third-order valence-electron chi connectivity index (χ3n) is 3.92. The predicted molar refractivity (Wildman–Crippen MR) is 82.9 cm³/mol. The van der Waals surface area contributed by atoms with E-state index in [2.05, 4.69) is 5.32 Å². The smallest absolute Gasteiger partial charge is 0.355 e. The fourth-order valence-electron chi connectivity index (χ4n) is 2.59. The number of halogens is 3. The fourth-order valence-corrected chi connectivity index (χ4v) is 2.59. The maximum Gasteiger partial charge on any atom is 0.421 e. The van der Waals surface area contributed by atoms with E-state index in [0.717, 1.165) is 23.3 Å². The lowest BCUT2D eigenvalue weighted by atomic mass is 10.1. The Morgan fingerprint density at radius 3 is 2.64 bits per heavy atom. The highest BCUT2D eigenvalue weighted by Gasteiger charge is 2.34. The standard InChI is InChI=1S/C16H21F3N2O4/c1-15(24-9-10-25-15)6-2-3-7-20-13(22)11-21-8-4-5-12(14(21)23)16(17,18)19/h4-5,8H,2-3,6-7,9-11H2,1H3,(H,20,22). The lowest BCUT2D eigenvalue weighted by molar-refractivity contribution is -0.147. The number of carbonyl (C=O) groups is 1. The molecule has 25 heavy (non-hydrogen) atoms. The Kier molecular flexibility index (Phi) is 6.23. The molecule has 2 rings (SSSR count). The van der Waals surface area contributed by atoms with Crippen LogP contribution in [-0.4, -0.2) is 36.0 Å². The van der Waals surface area contributed by atoms with E-state index < -0.39 is 35.5 Å². The van der Waals surface area contributed by atoms with Gasteiger partial charge < -0.3 is 19.4 Å². The number of nitrogens with one attached hydrogen (secondary N) is 1. The largest absolute Gasteiger partial charge is 0.421 e. The van der Waals surface area contributed by atoms with E-state index in [1.807, 2.05) is 6.92 Å². The lowest BCUT2D eigenvalue weighted by Gasteiger charge is -2.21. The SMILES string of the molecule is CC1(CCCCNC(=O)Cn2cccc(C(F)(F)F)c2=O)OCCO1. The van der Waals surface area contributed by atoms with Crippen molar-refractivity contribution in [3.8, 4) is 0 Å². The van der Waals surface area contributed by atoms with Gasteiger partial charge in [0.25, 0.3) is 5.56 Å². The van der Waals surface area contributed by atoms with Gasteiger partial charge in [-0.3, -0.25) is 9.59 Å². The summed E-state index contributed by atoms with van der Waals surface area (Å²) in [6.45, 7) is 2.91. The normalized spacial score (nSPS) is 16.8. The van der Waals surface area contributed by atoms with E-state index in [1.165, 1.54) is 0 Å². The van der Waals surface area contributed by atoms with Crippen molar-refractivity contribution in [3.63, 3.8) is 0 Å². The van der Waals surface area contributed by atoms with Crippen LogP contribution in [0.3, 0.4) is 0 Å². The first-order valence-corrected chi connectivity index (χ1v) is 8.02. The molecule has 0 unspecified atom stereocenters. The van der Waals surface area contributed by atoms with Gasteiger partial charge in [0.15, 0.2) is 5.79 Å². The summed E-state index contributed by atoms with van der Waals surface area (Å²) < 4.78 is 49.7. The summed E-state index contributed by atoms with van der Waals surface area (Å²) in [5, 5.41) is 2.59. The second-order valence-corrected chi connectivity index (χ2v) is 5.99. The van der Waals surface area contributed by atoms with Crippen molar-refractivity contribution >= 4 is 5.91 Å². The van der Waals surface area contributed by atoms with Crippen molar-refractivity contribution in [3.05, 3.63) is 34.2 Å². The van der Waals surface area contributed by atoms with Crippen molar-refractivity contribution in [2.24, 2.45) is 0 Å². The van der Waals surface area contributed by atoms with Crippen LogP contribution < -0.4 is 10.9 Å². The second-order valence-electron chi connectivity index (χ2n) is 5.99. The Morgan fingerprint density at radius 2 is 2.00 bits per heavy atom. The molecule has 1 amide bonds. The zero-order valence-electron chi connectivity index (χ0n) is 13.9. The molecule has 1 aromatic heterocycles. The number of hydrogen-bond acceptors (Lipinski definition) is 4. The Labute approximate surface area is 142 Å². The van der Waals surface area contributed by atoms with Crippen LogP contribution in [0.15, 0.2) is 23.1 Å². The number of ether oxygens (including phenoxy) is 2. The molecule has 0 saturated carbocycles. The van der Waals surface area contributed by atoms with Gasteiger partial charge >= 0.3 is 6.18 Å². The molecule has 1 saturated heterocycles. The highest BCUT2D eigenvalue weighted by atomic mass is 19.4. The topological polar surface area (TPSA) is 69.6 Å². The van der Waals surface area contributed by atoms with Crippen molar-refractivity contribution in [2.75, 3.05) is 19.8 Å². The van der Waals surface area contributed by atoms with Gasteiger partial charge in [0.2, 0.25) is 5.91 Å². The highest BCUT2D eigenvalue weighted by molar-refractivity contribution is 5.75. The molecule has 0 radical (unpaired) electrons. The van der Waals surface area contributed by atoms with Gasteiger partial charge in [-0.05, 0) is 31.9 Å². The van der Waals surface area contributed by atoms with E-state index in [-0.39, 0.29) is 0 Å². The number of rotatable bonds is 7. The van der Waals surface area contributed by atoms with Crippen LogP contribution in [0.5, 0.6) is 0 Å². The summed E-state index contributed by atoms with van der Waals surface area (Å²) in [6, 6.07) is 1.80. The molecule has 1 aromatic rings. The van der Waals surface area contributed by atoms with Crippen molar-refractivity contribution < 1.29 is 27.4 Å². The molecule has 0 spiro atoms. The van der Waals surface area contributed by atoms with E-state index >= 15 is 0 Å². The van der Waals surface area contributed by atoms with Gasteiger partial charge in [-0.25, -0.2) is 0 Å². The first kappa shape index (κ1) is 19.5. The zero-order valence-corrected chi connectivity index (χ0v) is 13.9. The van der Waals surface area contributed by atoms with Crippen molar-refractivity contribution in [1.29, 1.82) is 0 Å². The molecule has 1 N–H and O–H groups in total. The van der Waals surface area contributed by atoms with Crippen LogP contribution >= 0.6 is 0 Å². The van der Waals surface area contributed by atoms with Gasteiger partial charge in [0.1, 0.15) is 12.1 Å². The molecule has 0 atom stereocenters. The van der Waals surface area contributed by atoms with E-state index in [9.17, 15) is 22.8 Å². The quantitative estimate of drug-likeness (QED) is 0.753. The van der Waals surface area contributed by atoms with Gasteiger partial charge in [-0.1, -0.05) is 0 Å². The average Bonchev–Trinajstić information content (AvgIpc) is 2.95. The minimum absolute atomic E-state index is 0.364. The van der Waals surface area contributed by atoms with Crippen molar-refractivity contribution in [1.82, 2.24) is 9.88 Å². The molecule has 0 bridgehead atoms. The average molecular weight is 362 g/mol. The molecule has 1 fully saturated rings. The fraction of sp³-hybridized carbons (Fsp3) is 0.625. The highest BCUT2D eigenvalue weighted by Crippen LogP contribution is 2.26. The Bertz CT molecular complexity index is 652. The monoisotopic (exact) mass is 362 g/mol. The number of nitrogens with zero attached hydrogens (tertiary/aromatic N) is 1. The number of unbranched alkanes of at least 4 members (excludes halogenated alkanes) is 1. The molecule has 1 aliphatic heterocycles. The first-order chi connectivity index (χ1) is 11.7. The number of alkyl halides is 3. The summed E-state index contributed by atoms with van der Waals surface area (Å²) in [6.07, 6.45) is -1.45. The van der Waals surface area contributed by atoms with Crippen LogP contribution in [0.1, 0.15) is 31.7 Å². The molecular formula is C16H21F3N2O4. The second kappa shape index (κ2) is 8.01. The van der Waals surface area contributed by atoms with Gasteiger partial charge in [0, 0.05) is 19.2 Å². The Hall–Kier alpha value is -1.87. The first-order valence-electron chi connectivity index (χ1n) is 8.02. The number of aromatic nitrogens is 1. The molecule has 1 aliphatic rings. The van der Waals surface area contributed by atoms with Gasteiger partial charge in [-0.15, -0.1) is 0 Å². The third-order valence-corrected chi connectivity index (χ3v) is 3.92. The van der Waals surface area contributed by atoms with Crippen LogP contribution in [0.4, 0.5) is 13.2 Å². The summed E-state index contributed by atoms with van der Waals surface area (Å²) in [4.78, 5) is 23.6. The summed E-state index contributed by atoms with van der Waals surface area (Å²) in [5.74, 6) is -1.09. The lowest BCUT2D eigenvalue weighted by Crippen LogP contribution is -2.35. The predicted octanol–water partition coefficient (Wildman–Crippen LogP) is 1.92. The van der Waals surface area contributed by atoms with E-state index in [0.29, 0.717) is 38.7 Å². The van der Waals surface area contributed by atoms with Gasteiger partial charge in [-0.2, -0.15) is 13.2 Å². The minimum Gasteiger partial charge on any atom is -0.355 e. The number of amides is 1. The number of pyridine rings is 1. The van der Waals surface area contributed by atoms with Crippen molar-refractivity contribution in [2.45, 2.75) is 44.7 Å². The molecule has 6 nitrogen and oxygen atoms in total. The van der Waals surface area contributed by atoms with Crippen LogP contribution in [0, 0.1) is 0 Å². The number of carbonyl (C=O) groups excluding carboxylic acids is 1. The molecule has 140 valence electrons. The Morgan fingerprint density at radius 1 is 1.32 bits per heavy atom. The summed E-state index contributed by atoms with van der Waals surface area (Å²) in [7, 11) is 0. The van der Waals surface area contributed by atoms with E-state index in [1.54, 1.807) is 0 Å². The number of hydrogen-bond donors (Lipinski definition) is 1. The van der Waals surface area contributed by atoms with Crippen LogP contribution in [-0.2, 0) is 27.0 Å². The maximum absolute atomic E-state index is 12.7. The summed E-state index contributed by atoms with van der Waals surface area (Å²) in [5.41, 5.74) is -2.51. The van der Waals surface area contributed by atoms with Crippen LogP contribution in [0.25, 0.3) is 0 Å². The molecular weight excluding hydrogens is 341 g/mol. The molecule has 2 heterocycles.